The molecule has 0 aliphatic heterocycles. The number of rotatable bonds is 5. The molecule has 0 aromatic heterocycles. The predicted molar refractivity (Wildman–Crippen MR) is 64.0 cm³/mol. The number of hydrogen-bond donors (Lipinski definition) is 1. The third-order valence-corrected chi connectivity index (χ3v) is 2.16. The van der Waals surface area contributed by atoms with Crippen LogP contribution in [0.1, 0.15) is 26.3 Å². The molecule has 0 radical (unpaired) electrons. The largest absolute Gasteiger partial charge is 0.460 e. The van der Waals surface area contributed by atoms with Crippen LogP contribution in [-0.4, -0.2) is 18.1 Å². The van der Waals surface area contributed by atoms with Crippen LogP contribution in [-0.2, 0) is 16.1 Å². The summed E-state index contributed by atoms with van der Waals surface area (Å²) in [4.78, 5) is 11.6. The molecule has 0 fully saturated rings. The Labute approximate surface area is 96.8 Å². The van der Waals surface area contributed by atoms with Crippen LogP contribution in [0.15, 0.2) is 30.3 Å². The summed E-state index contributed by atoms with van der Waals surface area (Å²) in [7, 11) is 0. The summed E-state index contributed by atoms with van der Waals surface area (Å²) in [6, 6.07) is 9.69. The van der Waals surface area contributed by atoms with Gasteiger partial charge in [-0.1, -0.05) is 44.2 Å². The molecule has 0 heterocycles. The van der Waals surface area contributed by atoms with Crippen molar-refractivity contribution in [3.63, 3.8) is 0 Å². The van der Waals surface area contributed by atoms with Crippen LogP contribution in [0.5, 0.6) is 0 Å². The zero-order valence-corrected chi connectivity index (χ0v) is 10.1. The second-order valence-corrected chi connectivity index (χ2v) is 4.14. The van der Waals surface area contributed by atoms with E-state index >= 15 is 0 Å². The zero-order chi connectivity index (χ0) is 12.0. The maximum atomic E-state index is 11.6. The van der Waals surface area contributed by atoms with Gasteiger partial charge in [-0.3, -0.25) is 4.79 Å². The molecule has 88 valence electrons. The van der Waals surface area contributed by atoms with Gasteiger partial charge in [-0.15, -0.1) is 0 Å². The van der Waals surface area contributed by atoms with E-state index in [0.29, 0.717) is 6.61 Å². The van der Waals surface area contributed by atoms with Crippen molar-refractivity contribution < 1.29 is 9.53 Å². The second kappa shape index (κ2) is 6.28. The van der Waals surface area contributed by atoms with Crippen molar-refractivity contribution in [2.75, 3.05) is 0 Å². The molecule has 0 spiro atoms. The number of carbonyl (C=O) groups excluding carboxylic acids is 1. The lowest BCUT2D eigenvalue weighted by atomic mass is 10.2. The summed E-state index contributed by atoms with van der Waals surface area (Å²) in [5, 5.41) is 3.10. The SMILES string of the molecule is CC(C)NC(C)C(=O)OCc1ccccc1. The molecule has 3 nitrogen and oxygen atoms in total. The third-order valence-electron chi connectivity index (χ3n) is 2.16. The maximum Gasteiger partial charge on any atom is 0.323 e. The van der Waals surface area contributed by atoms with Gasteiger partial charge in [0.25, 0.3) is 0 Å². The Bertz CT molecular complexity index is 322. The molecule has 1 N–H and O–H groups in total. The fourth-order valence-corrected chi connectivity index (χ4v) is 1.42. The number of benzene rings is 1. The smallest absolute Gasteiger partial charge is 0.323 e. The van der Waals surface area contributed by atoms with Crippen molar-refractivity contribution in [3.8, 4) is 0 Å². The first-order chi connectivity index (χ1) is 7.59. The minimum Gasteiger partial charge on any atom is -0.460 e. The van der Waals surface area contributed by atoms with E-state index in [1.165, 1.54) is 0 Å². The van der Waals surface area contributed by atoms with Gasteiger partial charge in [-0.25, -0.2) is 0 Å². The summed E-state index contributed by atoms with van der Waals surface area (Å²) in [6.45, 7) is 6.15. The van der Waals surface area contributed by atoms with Gasteiger partial charge in [0.15, 0.2) is 0 Å². The van der Waals surface area contributed by atoms with Crippen molar-refractivity contribution >= 4 is 5.97 Å². The van der Waals surface area contributed by atoms with E-state index in [1.807, 2.05) is 51.1 Å². The summed E-state index contributed by atoms with van der Waals surface area (Å²) >= 11 is 0. The van der Waals surface area contributed by atoms with E-state index in [4.69, 9.17) is 4.74 Å². The summed E-state index contributed by atoms with van der Waals surface area (Å²) in [5.74, 6) is -0.211. The number of esters is 1. The van der Waals surface area contributed by atoms with Gasteiger partial charge in [0.2, 0.25) is 0 Å². The first-order valence-electron chi connectivity index (χ1n) is 5.56. The van der Waals surface area contributed by atoms with E-state index in [1.54, 1.807) is 0 Å². The van der Waals surface area contributed by atoms with Crippen LogP contribution in [0.3, 0.4) is 0 Å². The molecule has 1 aromatic carbocycles. The first kappa shape index (κ1) is 12.7. The van der Waals surface area contributed by atoms with E-state index in [9.17, 15) is 4.79 Å². The first-order valence-corrected chi connectivity index (χ1v) is 5.56. The Kier molecular flexibility index (Phi) is 4.99. The molecule has 1 unspecified atom stereocenters. The fourth-order valence-electron chi connectivity index (χ4n) is 1.42. The quantitative estimate of drug-likeness (QED) is 0.774. The molecule has 16 heavy (non-hydrogen) atoms. The Morgan fingerprint density at radius 3 is 2.44 bits per heavy atom. The zero-order valence-electron chi connectivity index (χ0n) is 10.1. The number of hydrogen-bond acceptors (Lipinski definition) is 3. The molecule has 1 rings (SSSR count). The lowest BCUT2D eigenvalue weighted by Gasteiger charge is -2.15. The number of nitrogens with one attached hydrogen (secondary N) is 1. The normalized spacial score (nSPS) is 12.5. The topological polar surface area (TPSA) is 38.3 Å². The highest BCUT2D eigenvalue weighted by atomic mass is 16.5. The lowest BCUT2D eigenvalue weighted by molar-refractivity contribution is -0.147. The van der Waals surface area contributed by atoms with Crippen molar-refractivity contribution in [2.45, 2.75) is 39.5 Å². The number of carbonyl (C=O) groups is 1. The highest BCUT2D eigenvalue weighted by Crippen LogP contribution is 2.02. The van der Waals surface area contributed by atoms with Gasteiger partial charge >= 0.3 is 5.97 Å². The van der Waals surface area contributed by atoms with Crippen molar-refractivity contribution in [3.05, 3.63) is 35.9 Å². The van der Waals surface area contributed by atoms with Gasteiger partial charge in [-0.05, 0) is 12.5 Å². The fraction of sp³-hybridized carbons (Fsp3) is 0.462. The van der Waals surface area contributed by atoms with E-state index < -0.39 is 0 Å². The minimum atomic E-state index is -0.260. The second-order valence-electron chi connectivity index (χ2n) is 4.14. The molecule has 0 saturated carbocycles. The van der Waals surface area contributed by atoms with Gasteiger partial charge in [0, 0.05) is 6.04 Å². The molecule has 1 atom stereocenters. The van der Waals surface area contributed by atoms with Crippen molar-refractivity contribution in [1.29, 1.82) is 0 Å². The molecule has 0 bridgehead atoms. The maximum absolute atomic E-state index is 11.6. The molecule has 0 aliphatic carbocycles. The minimum absolute atomic E-state index is 0.211. The Hall–Kier alpha value is -1.35. The molecule has 1 aromatic rings. The summed E-state index contributed by atoms with van der Waals surface area (Å²) in [6.07, 6.45) is 0. The molecule has 3 heteroatoms. The molecule has 0 amide bonds. The van der Waals surface area contributed by atoms with Crippen LogP contribution in [0.2, 0.25) is 0 Å². The summed E-state index contributed by atoms with van der Waals surface area (Å²) in [5.41, 5.74) is 1.01. The van der Waals surface area contributed by atoms with Gasteiger partial charge in [0.1, 0.15) is 12.6 Å². The van der Waals surface area contributed by atoms with Crippen LogP contribution in [0.4, 0.5) is 0 Å². The standard InChI is InChI=1S/C13H19NO2/c1-10(2)14-11(3)13(15)16-9-12-7-5-4-6-8-12/h4-8,10-11,14H,9H2,1-3H3. The predicted octanol–water partition coefficient (Wildman–Crippen LogP) is 2.12. The van der Waals surface area contributed by atoms with Gasteiger partial charge in [-0.2, -0.15) is 0 Å². The highest BCUT2D eigenvalue weighted by Gasteiger charge is 2.14. The van der Waals surface area contributed by atoms with Crippen molar-refractivity contribution in [2.24, 2.45) is 0 Å². The third kappa shape index (κ3) is 4.45. The van der Waals surface area contributed by atoms with Crippen molar-refractivity contribution in [1.82, 2.24) is 5.32 Å². The van der Waals surface area contributed by atoms with Gasteiger partial charge < -0.3 is 10.1 Å². The molecular formula is C13H19NO2. The average Bonchev–Trinajstić information content (AvgIpc) is 2.26. The monoisotopic (exact) mass is 221 g/mol. The van der Waals surface area contributed by atoms with Crippen LogP contribution < -0.4 is 5.32 Å². The molecule has 0 aliphatic rings. The van der Waals surface area contributed by atoms with Crippen LogP contribution in [0.25, 0.3) is 0 Å². The highest BCUT2D eigenvalue weighted by molar-refractivity contribution is 5.75. The van der Waals surface area contributed by atoms with Crippen LogP contribution in [0, 0.1) is 0 Å². The molecular weight excluding hydrogens is 202 g/mol. The van der Waals surface area contributed by atoms with Gasteiger partial charge in [0.05, 0.1) is 0 Å². The van der Waals surface area contributed by atoms with Crippen LogP contribution >= 0.6 is 0 Å². The van der Waals surface area contributed by atoms with E-state index in [0.717, 1.165) is 5.56 Å². The molecule has 0 saturated heterocycles. The van der Waals surface area contributed by atoms with E-state index in [-0.39, 0.29) is 18.1 Å². The Balaban J connectivity index is 2.35. The average molecular weight is 221 g/mol. The Morgan fingerprint density at radius 2 is 1.88 bits per heavy atom. The lowest BCUT2D eigenvalue weighted by Crippen LogP contribution is -2.39. The number of ether oxygens (including phenoxy) is 1. The Morgan fingerprint density at radius 1 is 1.25 bits per heavy atom. The van der Waals surface area contributed by atoms with E-state index in [2.05, 4.69) is 5.32 Å². The summed E-state index contributed by atoms with van der Waals surface area (Å²) < 4.78 is 5.19.